The third-order valence-corrected chi connectivity index (χ3v) is 15.3. The second-order valence-electron chi connectivity index (χ2n) is 20.8. The van der Waals surface area contributed by atoms with Gasteiger partial charge < -0.3 is 31.6 Å². The summed E-state index contributed by atoms with van der Waals surface area (Å²) in [6.07, 6.45) is 66.9. The van der Waals surface area contributed by atoms with E-state index in [1.807, 2.05) is 0 Å². The first-order chi connectivity index (χ1) is 31.6. The van der Waals surface area contributed by atoms with Crippen LogP contribution in [0.5, 0.6) is 0 Å². The van der Waals surface area contributed by atoms with Crippen LogP contribution < -0.4 is 22.1 Å². The van der Waals surface area contributed by atoms with Crippen LogP contribution in [0.25, 0.3) is 0 Å². The lowest BCUT2D eigenvalue weighted by Crippen LogP contribution is -2.55. The lowest BCUT2D eigenvalue weighted by atomic mass is 9.63. The number of rotatable bonds is 42. The molecule has 3 aliphatic rings. The Balaban J connectivity index is 1.44. The standard InChI is InChI=1S/C58H108N4O2/c1-3-5-7-9-11-13-15-17-19-21-23-25-27-29-31-34-38-57(39-35-32-30-28-26-24-22-20-18-16-14-12-10-8-6-4-2)40-42-58(43-41-57)52-53-50-54(61-46-37-33-36-44-59)55(51-56(53)64-58)62-47-49-63-48-45-60/h11-14,17-20,53-56,61-62H,3-10,15-16,21-52,59-60H2,1-2H3/b13-11-,14-12-,19-17-,20-18-/t53?,54?,55?,56-/m0/s1. The molecule has 3 unspecified atom stereocenters. The molecule has 0 radical (unpaired) electrons. The van der Waals surface area contributed by atoms with Crippen molar-refractivity contribution in [2.24, 2.45) is 22.8 Å². The highest BCUT2D eigenvalue weighted by Gasteiger charge is 2.53. The highest BCUT2D eigenvalue weighted by Crippen LogP contribution is 2.55. The first-order valence-corrected chi connectivity index (χ1v) is 28.3. The summed E-state index contributed by atoms with van der Waals surface area (Å²) in [6.45, 7) is 9.27. The van der Waals surface area contributed by atoms with Crippen LogP contribution in [-0.2, 0) is 9.47 Å². The molecule has 6 heteroatoms. The van der Waals surface area contributed by atoms with Gasteiger partial charge in [-0.15, -0.1) is 0 Å². The second-order valence-corrected chi connectivity index (χ2v) is 20.8. The van der Waals surface area contributed by atoms with E-state index in [1.54, 1.807) is 0 Å². The zero-order valence-corrected chi connectivity index (χ0v) is 42.6. The average Bonchev–Trinajstić information content (AvgIpc) is 3.66. The van der Waals surface area contributed by atoms with Crippen molar-refractivity contribution >= 4 is 0 Å². The summed E-state index contributed by atoms with van der Waals surface area (Å²) >= 11 is 0. The van der Waals surface area contributed by atoms with Crippen LogP contribution in [-0.4, -0.2) is 63.2 Å². The van der Waals surface area contributed by atoms with Gasteiger partial charge in [0.15, 0.2) is 0 Å². The SMILES string of the molecule is CCCCC/C=C\C/C=C\CCCCCCCCC1(CCCCCCCC/C=C\C/C=C\CCCCC)CCC2(CC1)CC1CC(NCCCCCN)C(NCCOCCN)C[C@@H]1O2. The van der Waals surface area contributed by atoms with E-state index in [0.29, 0.717) is 42.7 Å². The molecule has 0 bridgehead atoms. The van der Waals surface area contributed by atoms with Crippen molar-refractivity contribution < 1.29 is 9.47 Å². The Morgan fingerprint density at radius 2 is 0.984 bits per heavy atom. The summed E-state index contributed by atoms with van der Waals surface area (Å²) in [6, 6.07) is 0.935. The fourth-order valence-corrected chi connectivity index (χ4v) is 11.3. The fraction of sp³-hybridized carbons (Fsp3) is 0.862. The second kappa shape index (κ2) is 38.7. The summed E-state index contributed by atoms with van der Waals surface area (Å²) < 4.78 is 13.0. The first kappa shape index (κ1) is 57.0. The van der Waals surface area contributed by atoms with Gasteiger partial charge in [-0.05, 0) is 159 Å². The first-order valence-electron chi connectivity index (χ1n) is 28.3. The van der Waals surface area contributed by atoms with E-state index in [2.05, 4.69) is 73.1 Å². The van der Waals surface area contributed by atoms with Crippen LogP contribution in [0.1, 0.15) is 245 Å². The predicted octanol–water partition coefficient (Wildman–Crippen LogP) is 14.9. The van der Waals surface area contributed by atoms with Gasteiger partial charge in [-0.2, -0.15) is 0 Å². The number of hydrogen-bond acceptors (Lipinski definition) is 6. The van der Waals surface area contributed by atoms with Crippen molar-refractivity contribution in [1.82, 2.24) is 10.6 Å². The summed E-state index contributed by atoms with van der Waals surface area (Å²) in [5.41, 5.74) is 12.1. The van der Waals surface area contributed by atoms with Crippen molar-refractivity contribution in [2.75, 3.05) is 39.4 Å². The lowest BCUT2D eigenvalue weighted by molar-refractivity contribution is -0.0981. The molecule has 1 aliphatic heterocycles. The van der Waals surface area contributed by atoms with Gasteiger partial charge in [0.25, 0.3) is 0 Å². The summed E-state index contributed by atoms with van der Waals surface area (Å²) in [5.74, 6) is 0.681. The van der Waals surface area contributed by atoms with E-state index < -0.39 is 0 Å². The van der Waals surface area contributed by atoms with Crippen molar-refractivity contribution in [3.63, 3.8) is 0 Å². The molecule has 0 aromatic rings. The lowest BCUT2D eigenvalue weighted by Gasteiger charge is -2.45. The Labute approximate surface area is 398 Å². The van der Waals surface area contributed by atoms with Crippen molar-refractivity contribution in [3.05, 3.63) is 48.6 Å². The summed E-state index contributed by atoms with van der Waals surface area (Å²) in [4.78, 5) is 0. The van der Waals surface area contributed by atoms with Crippen molar-refractivity contribution in [1.29, 1.82) is 0 Å². The quantitative estimate of drug-likeness (QED) is 0.0360. The molecule has 2 aliphatic carbocycles. The maximum atomic E-state index is 7.29. The normalized spacial score (nSPS) is 22.1. The highest BCUT2D eigenvalue weighted by atomic mass is 16.5. The van der Waals surface area contributed by atoms with Crippen LogP contribution in [0.2, 0.25) is 0 Å². The number of fused-ring (bicyclic) bond motifs is 1. The van der Waals surface area contributed by atoms with E-state index >= 15 is 0 Å². The maximum Gasteiger partial charge on any atom is 0.0690 e. The molecule has 3 rings (SSSR count). The van der Waals surface area contributed by atoms with Crippen LogP contribution in [0.4, 0.5) is 0 Å². The van der Waals surface area contributed by atoms with Gasteiger partial charge in [0.2, 0.25) is 0 Å². The minimum Gasteiger partial charge on any atom is -0.379 e. The van der Waals surface area contributed by atoms with E-state index in [1.165, 1.54) is 205 Å². The monoisotopic (exact) mass is 893 g/mol. The molecule has 1 spiro atoms. The smallest absolute Gasteiger partial charge is 0.0690 e. The Morgan fingerprint density at radius 1 is 0.500 bits per heavy atom. The number of hydrogen-bond donors (Lipinski definition) is 4. The Bertz CT molecular complexity index is 1090. The molecule has 0 amide bonds. The molecule has 64 heavy (non-hydrogen) atoms. The van der Waals surface area contributed by atoms with Crippen molar-refractivity contribution in [3.8, 4) is 0 Å². The largest absolute Gasteiger partial charge is 0.379 e. The van der Waals surface area contributed by atoms with E-state index in [9.17, 15) is 0 Å². The van der Waals surface area contributed by atoms with Gasteiger partial charge in [0, 0.05) is 25.2 Å². The van der Waals surface area contributed by atoms with Crippen LogP contribution >= 0.6 is 0 Å². The van der Waals surface area contributed by atoms with Gasteiger partial charge in [0.05, 0.1) is 24.9 Å². The Kier molecular flexibility index (Phi) is 34.5. The summed E-state index contributed by atoms with van der Waals surface area (Å²) in [7, 11) is 0. The van der Waals surface area contributed by atoms with Gasteiger partial charge >= 0.3 is 0 Å². The third-order valence-electron chi connectivity index (χ3n) is 15.3. The number of unbranched alkanes of at least 4 members (excludes halogenated alkanes) is 20. The Hall–Kier alpha value is -1.28. The number of ether oxygens (including phenoxy) is 2. The van der Waals surface area contributed by atoms with Crippen LogP contribution in [0.3, 0.4) is 0 Å². The van der Waals surface area contributed by atoms with E-state index in [-0.39, 0.29) is 5.60 Å². The topological polar surface area (TPSA) is 94.6 Å². The minimum absolute atomic E-state index is 0.113. The van der Waals surface area contributed by atoms with Gasteiger partial charge in [-0.3, -0.25) is 0 Å². The molecule has 0 aromatic carbocycles. The molecule has 6 N–H and O–H groups in total. The Morgan fingerprint density at radius 3 is 1.52 bits per heavy atom. The third kappa shape index (κ3) is 26.3. The molecule has 0 aromatic heterocycles. The molecular weight excluding hydrogens is 785 g/mol. The molecule has 2 saturated carbocycles. The number of nitrogens with one attached hydrogen (secondary N) is 2. The van der Waals surface area contributed by atoms with Crippen molar-refractivity contribution in [2.45, 2.75) is 269 Å². The zero-order valence-electron chi connectivity index (χ0n) is 42.6. The average molecular weight is 894 g/mol. The molecule has 372 valence electrons. The molecule has 1 heterocycles. The molecule has 3 fully saturated rings. The maximum absolute atomic E-state index is 7.29. The highest BCUT2D eigenvalue weighted by molar-refractivity contribution is 5.05. The van der Waals surface area contributed by atoms with Crippen LogP contribution in [0, 0.1) is 11.3 Å². The van der Waals surface area contributed by atoms with Gasteiger partial charge in [-0.25, -0.2) is 0 Å². The van der Waals surface area contributed by atoms with Gasteiger partial charge in [0.1, 0.15) is 0 Å². The molecular formula is C58H108N4O2. The number of nitrogens with two attached hydrogens (primary N) is 2. The minimum atomic E-state index is 0.113. The fourth-order valence-electron chi connectivity index (χ4n) is 11.3. The van der Waals surface area contributed by atoms with Gasteiger partial charge in [-0.1, -0.05) is 159 Å². The summed E-state index contributed by atoms with van der Waals surface area (Å²) in [5, 5.41) is 7.88. The van der Waals surface area contributed by atoms with E-state index in [4.69, 9.17) is 20.9 Å². The molecule has 1 saturated heterocycles. The zero-order chi connectivity index (χ0) is 45.5. The van der Waals surface area contributed by atoms with E-state index in [0.717, 1.165) is 51.9 Å². The number of allylic oxidation sites excluding steroid dienone is 8. The van der Waals surface area contributed by atoms with Crippen LogP contribution in [0.15, 0.2) is 48.6 Å². The predicted molar refractivity (Wildman–Crippen MR) is 280 cm³/mol. The molecule has 4 atom stereocenters. The molecule has 6 nitrogen and oxygen atoms in total.